The largest absolute Gasteiger partial charge is 0.338 e. The molecule has 2 aromatic heterocycles. The number of aromatic amines is 1. The summed E-state index contributed by atoms with van der Waals surface area (Å²) in [6.45, 7) is 9.27. The van der Waals surface area contributed by atoms with Crippen molar-refractivity contribution >= 4 is 24.2 Å². The zero-order chi connectivity index (χ0) is 31.7. The molecule has 1 fully saturated rings. The quantitative estimate of drug-likeness (QED) is 0.119. The van der Waals surface area contributed by atoms with Crippen LogP contribution in [-0.4, -0.2) is 56.6 Å². The van der Waals surface area contributed by atoms with Crippen LogP contribution in [0.3, 0.4) is 0 Å². The van der Waals surface area contributed by atoms with Gasteiger partial charge in [-0.25, -0.2) is 0 Å². The van der Waals surface area contributed by atoms with Crippen LogP contribution in [0.2, 0.25) is 0 Å². The van der Waals surface area contributed by atoms with Gasteiger partial charge in [-0.05, 0) is 87.3 Å². The predicted octanol–water partition coefficient (Wildman–Crippen LogP) is 5.89. The van der Waals surface area contributed by atoms with Crippen molar-refractivity contribution in [3.63, 3.8) is 0 Å². The number of aryl methyl sites for hydroxylation is 3. The SMILES string of the molecule is C=NN(C)/C(=C\C)C(=O)N[C@H](C(=O)Nc1ccc(-c2c(C)n[nH]c2C)cc1)[C@@H]1CCCc2ccc(-c3cnn(C4CC4)c3)cc21. The lowest BCUT2D eigenvalue weighted by molar-refractivity contribution is -0.125. The summed E-state index contributed by atoms with van der Waals surface area (Å²) >= 11 is 0. The minimum Gasteiger partial charge on any atom is -0.338 e. The molecular formula is C35H40N8O2. The molecule has 10 nitrogen and oxygen atoms in total. The van der Waals surface area contributed by atoms with E-state index < -0.39 is 6.04 Å². The van der Waals surface area contributed by atoms with Gasteiger partial charge in [-0.2, -0.15) is 15.3 Å². The van der Waals surface area contributed by atoms with E-state index in [-0.39, 0.29) is 17.7 Å². The van der Waals surface area contributed by atoms with E-state index in [1.807, 2.05) is 49.0 Å². The first-order chi connectivity index (χ1) is 21.8. The van der Waals surface area contributed by atoms with Crippen molar-refractivity contribution in [1.29, 1.82) is 0 Å². The fourth-order valence-electron chi connectivity index (χ4n) is 6.41. The number of hydrogen-bond donors (Lipinski definition) is 3. The van der Waals surface area contributed by atoms with Gasteiger partial charge in [-0.3, -0.25) is 24.4 Å². The Morgan fingerprint density at radius 1 is 1.11 bits per heavy atom. The summed E-state index contributed by atoms with van der Waals surface area (Å²) in [5, 5.41) is 23.4. The molecule has 6 rings (SSSR count). The molecule has 1 saturated carbocycles. The average molecular weight is 605 g/mol. The summed E-state index contributed by atoms with van der Waals surface area (Å²) in [5.41, 5.74) is 9.32. The average Bonchev–Trinajstić information content (AvgIpc) is 3.68. The Hall–Kier alpha value is -4.99. The molecule has 10 heteroatoms. The van der Waals surface area contributed by atoms with Crippen molar-refractivity contribution < 1.29 is 9.59 Å². The summed E-state index contributed by atoms with van der Waals surface area (Å²) in [4.78, 5) is 27.7. The highest BCUT2D eigenvalue weighted by Gasteiger charge is 2.35. The number of carbonyl (C=O) groups is 2. The van der Waals surface area contributed by atoms with E-state index in [0.29, 0.717) is 17.4 Å². The standard InChI is InChI=1S/C35H40N8O2/c1-6-31(42(5)36-4)34(44)39-33(35(45)38-27-14-12-24(13-15-27)32-21(2)40-41-22(32)3)29-9-7-8-23-10-11-25(18-30(23)29)26-19-37-43(20-26)28-16-17-28/h6,10-15,18-20,28-29,33H,4,7-9,16-17H2,1-3,5H3,(H,38,45)(H,39,44)(H,40,41)/b31-6-/t29-,33+/m1/s1. The Morgan fingerprint density at radius 2 is 1.87 bits per heavy atom. The van der Waals surface area contributed by atoms with Crippen LogP contribution in [0.5, 0.6) is 0 Å². The third-order valence-corrected chi connectivity index (χ3v) is 8.97. The first kappa shape index (κ1) is 30.1. The van der Waals surface area contributed by atoms with Gasteiger partial charge >= 0.3 is 0 Å². The number of rotatable bonds is 10. The molecular weight excluding hydrogens is 564 g/mol. The van der Waals surface area contributed by atoms with Crippen molar-refractivity contribution in [3.05, 3.63) is 89.1 Å². The van der Waals surface area contributed by atoms with Gasteiger partial charge in [0, 0.05) is 48.4 Å². The summed E-state index contributed by atoms with van der Waals surface area (Å²) in [6, 6.07) is 13.9. The van der Waals surface area contributed by atoms with Gasteiger partial charge < -0.3 is 10.6 Å². The zero-order valence-corrected chi connectivity index (χ0v) is 26.3. The molecule has 2 atom stereocenters. The number of H-pyrrole nitrogens is 1. The molecule has 2 aromatic carbocycles. The molecule has 0 spiro atoms. The number of amides is 2. The Morgan fingerprint density at radius 3 is 2.53 bits per heavy atom. The lowest BCUT2D eigenvalue weighted by atomic mass is 9.77. The van der Waals surface area contributed by atoms with Crippen LogP contribution in [-0.2, 0) is 16.0 Å². The molecule has 0 radical (unpaired) electrons. The van der Waals surface area contributed by atoms with Gasteiger partial charge in [0.2, 0.25) is 5.91 Å². The maximum absolute atomic E-state index is 14.1. The van der Waals surface area contributed by atoms with Gasteiger partial charge in [0.15, 0.2) is 0 Å². The van der Waals surface area contributed by atoms with E-state index in [1.54, 1.807) is 20.0 Å². The Balaban J connectivity index is 1.31. The van der Waals surface area contributed by atoms with Crippen LogP contribution < -0.4 is 10.6 Å². The van der Waals surface area contributed by atoms with Gasteiger partial charge in [0.25, 0.3) is 5.91 Å². The van der Waals surface area contributed by atoms with Crippen LogP contribution in [0.15, 0.2) is 71.7 Å². The number of benzene rings is 2. The highest BCUT2D eigenvalue weighted by molar-refractivity contribution is 6.01. The van der Waals surface area contributed by atoms with E-state index in [2.05, 4.69) is 62.1 Å². The first-order valence-corrected chi connectivity index (χ1v) is 15.5. The van der Waals surface area contributed by atoms with Crippen LogP contribution in [0.1, 0.15) is 67.1 Å². The second-order valence-corrected chi connectivity index (χ2v) is 12.0. The van der Waals surface area contributed by atoms with Crippen molar-refractivity contribution in [1.82, 2.24) is 30.3 Å². The van der Waals surface area contributed by atoms with Crippen LogP contribution >= 0.6 is 0 Å². The minimum atomic E-state index is -0.827. The van der Waals surface area contributed by atoms with E-state index in [0.717, 1.165) is 58.5 Å². The number of carbonyl (C=O) groups excluding carboxylic acids is 2. The minimum absolute atomic E-state index is 0.230. The predicted molar refractivity (Wildman–Crippen MR) is 177 cm³/mol. The molecule has 2 aliphatic rings. The number of aromatic nitrogens is 4. The van der Waals surface area contributed by atoms with Crippen LogP contribution in [0, 0.1) is 13.8 Å². The van der Waals surface area contributed by atoms with Crippen LogP contribution in [0.25, 0.3) is 22.3 Å². The molecule has 0 saturated heterocycles. The van der Waals surface area contributed by atoms with E-state index >= 15 is 0 Å². The second-order valence-electron chi connectivity index (χ2n) is 12.0. The van der Waals surface area contributed by atoms with Crippen molar-refractivity contribution in [2.24, 2.45) is 5.10 Å². The number of hydrogen-bond acceptors (Lipinski definition) is 6. The van der Waals surface area contributed by atoms with Crippen LogP contribution in [0.4, 0.5) is 5.69 Å². The Kier molecular flexibility index (Phi) is 8.38. The summed E-state index contributed by atoms with van der Waals surface area (Å²) in [6.07, 6.45) is 10.6. The number of nitrogens with one attached hydrogen (secondary N) is 3. The van der Waals surface area contributed by atoms with Crippen molar-refractivity contribution in [3.8, 4) is 22.3 Å². The molecule has 2 aliphatic carbocycles. The molecule has 45 heavy (non-hydrogen) atoms. The maximum atomic E-state index is 14.1. The van der Waals surface area contributed by atoms with E-state index in [4.69, 9.17) is 0 Å². The fourth-order valence-corrected chi connectivity index (χ4v) is 6.41. The zero-order valence-electron chi connectivity index (χ0n) is 26.3. The molecule has 2 amide bonds. The van der Waals surface area contributed by atoms with Gasteiger partial charge in [0.1, 0.15) is 11.7 Å². The third-order valence-electron chi connectivity index (χ3n) is 8.97. The fraction of sp³-hybridized carbons (Fsp3) is 0.343. The number of allylic oxidation sites excluding steroid dienone is 1. The summed E-state index contributed by atoms with van der Waals surface area (Å²) in [7, 11) is 1.66. The number of likely N-dealkylation sites (N-methyl/N-ethyl adjacent to an activating group) is 1. The van der Waals surface area contributed by atoms with Crippen molar-refractivity contribution in [2.45, 2.75) is 70.9 Å². The smallest absolute Gasteiger partial charge is 0.269 e. The molecule has 0 bridgehead atoms. The third kappa shape index (κ3) is 6.18. The topological polar surface area (TPSA) is 120 Å². The molecule has 0 unspecified atom stereocenters. The van der Waals surface area contributed by atoms with Gasteiger partial charge in [-0.15, -0.1) is 0 Å². The monoisotopic (exact) mass is 604 g/mol. The highest BCUT2D eigenvalue weighted by atomic mass is 16.2. The van der Waals surface area contributed by atoms with E-state index in [9.17, 15) is 9.59 Å². The molecule has 0 aliphatic heterocycles. The number of hydrazone groups is 1. The Bertz CT molecular complexity index is 1740. The van der Waals surface area contributed by atoms with Gasteiger partial charge in [-0.1, -0.05) is 36.4 Å². The van der Waals surface area contributed by atoms with Gasteiger partial charge in [0.05, 0.1) is 17.9 Å². The number of nitrogens with zero attached hydrogens (tertiary/aromatic N) is 5. The normalized spacial score (nSPS) is 16.9. The van der Waals surface area contributed by atoms with Crippen molar-refractivity contribution in [2.75, 3.05) is 12.4 Å². The lowest BCUT2D eigenvalue weighted by Crippen LogP contribution is -2.49. The Labute approximate surface area is 263 Å². The molecule has 232 valence electrons. The molecule has 4 aromatic rings. The summed E-state index contributed by atoms with van der Waals surface area (Å²) < 4.78 is 2.05. The number of fused-ring (bicyclic) bond motifs is 1. The number of anilines is 1. The highest BCUT2D eigenvalue weighted by Crippen LogP contribution is 2.39. The lowest BCUT2D eigenvalue weighted by Gasteiger charge is -2.33. The second kappa shape index (κ2) is 12.6. The summed E-state index contributed by atoms with van der Waals surface area (Å²) in [5.74, 6) is -0.893. The van der Waals surface area contributed by atoms with E-state index in [1.165, 1.54) is 23.4 Å². The molecule has 3 N–H and O–H groups in total. The molecule has 2 heterocycles. The first-order valence-electron chi connectivity index (χ1n) is 15.5. The maximum Gasteiger partial charge on any atom is 0.269 e.